The van der Waals surface area contributed by atoms with Crippen LogP contribution in [0.5, 0.6) is 0 Å². The minimum atomic E-state index is -4.33. The molecule has 0 bridgehead atoms. The van der Waals surface area contributed by atoms with E-state index in [1.54, 1.807) is 13.1 Å². The van der Waals surface area contributed by atoms with Crippen LogP contribution in [0.4, 0.5) is 13.2 Å². The van der Waals surface area contributed by atoms with Gasteiger partial charge >= 0.3 is 13.3 Å². The largest absolute Gasteiger partial charge is 0.491 e. The first-order valence-corrected chi connectivity index (χ1v) is 7.84. The summed E-state index contributed by atoms with van der Waals surface area (Å²) in [5, 5.41) is 3.05. The molecule has 0 atom stereocenters. The van der Waals surface area contributed by atoms with Gasteiger partial charge in [-0.05, 0) is 57.9 Å². The third-order valence-electron chi connectivity index (χ3n) is 4.53. The Labute approximate surface area is 141 Å². The van der Waals surface area contributed by atoms with E-state index in [9.17, 15) is 13.2 Å². The van der Waals surface area contributed by atoms with Gasteiger partial charge in [0, 0.05) is 6.54 Å². The lowest BCUT2D eigenvalue weighted by atomic mass is 9.77. The maximum atomic E-state index is 12.7. The predicted octanol–water partition coefficient (Wildman–Crippen LogP) is 3.94. The number of hydrogen-bond acceptors (Lipinski definition) is 3. The molecule has 0 aromatic heterocycles. The van der Waals surface area contributed by atoms with Crippen LogP contribution in [0, 0.1) is 0 Å². The van der Waals surface area contributed by atoms with E-state index in [1.807, 2.05) is 27.7 Å². The van der Waals surface area contributed by atoms with Gasteiger partial charge in [-0.25, -0.2) is 0 Å². The zero-order chi connectivity index (χ0) is 18.2. The van der Waals surface area contributed by atoms with Crippen LogP contribution in [0.1, 0.15) is 38.8 Å². The summed E-state index contributed by atoms with van der Waals surface area (Å²) in [6.07, 6.45) is -2.53. The zero-order valence-corrected chi connectivity index (χ0v) is 14.6. The molecule has 0 amide bonds. The number of halogens is 3. The van der Waals surface area contributed by atoms with E-state index in [0.717, 1.165) is 17.6 Å². The second kappa shape index (κ2) is 6.54. The molecule has 1 aliphatic rings. The first kappa shape index (κ1) is 19.0. The van der Waals surface area contributed by atoms with Gasteiger partial charge < -0.3 is 14.6 Å². The van der Waals surface area contributed by atoms with Gasteiger partial charge in [0.15, 0.2) is 0 Å². The van der Waals surface area contributed by atoms with Gasteiger partial charge in [0.1, 0.15) is 0 Å². The van der Waals surface area contributed by atoms with E-state index in [2.05, 4.69) is 5.32 Å². The Morgan fingerprint density at radius 2 is 1.58 bits per heavy atom. The van der Waals surface area contributed by atoms with Crippen LogP contribution in [0.15, 0.2) is 29.7 Å². The highest BCUT2D eigenvalue weighted by atomic mass is 19.4. The second-order valence-electron chi connectivity index (χ2n) is 6.96. The molecule has 2 rings (SSSR count). The monoisotopic (exact) mass is 341 g/mol. The van der Waals surface area contributed by atoms with Gasteiger partial charge in [0.2, 0.25) is 0 Å². The topological polar surface area (TPSA) is 30.5 Å². The summed E-state index contributed by atoms with van der Waals surface area (Å²) in [5.41, 5.74) is -0.0979. The quantitative estimate of drug-likeness (QED) is 0.842. The van der Waals surface area contributed by atoms with Crippen molar-refractivity contribution in [2.24, 2.45) is 0 Å². The average molecular weight is 341 g/mol. The molecular formula is C17H23BF3NO2. The lowest BCUT2D eigenvalue weighted by Crippen LogP contribution is -2.41. The van der Waals surface area contributed by atoms with Crippen molar-refractivity contribution in [3.63, 3.8) is 0 Å². The summed E-state index contributed by atoms with van der Waals surface area (Å²) >= 11 is 0. The Hall–Kier alpha value is -1.31. The minimum absolute atomic E-state index is 0.468. The van der Waals surface area contributed by atoms with E-state index < -0.39 is 30.1 Å². The molecule has 24 heavy (non-hydrogen) atoms. The van der Waals surface area contributed by atoms with E-state index in [-0.39, 0.29) is 0 Å². The highest BCUT2D eigenvalue weighted by molar-refractivity contribution is 6.55. The van der Waals surface area contributed by atoms with Crippen molar-refractivity contribution < 1.29 is 22.5 Å². The normalized spacial score (nSPS) is 20.5. The summed E-state index contributed by atoms with van der Waals surface area (Å²) in [7, 11) is 1.26. The molecule has 1 aromatic carbocycles. The molecule has 1 aromatic rings. The van der Waals surface area contributed by atoms with Crippen LogP contribution in [0.2, 0.25) is 0 Å². The van der Waals surface area contributed by atoms with Crippen LogP contribution in [0.3, 0.4) is 0 Å². The molecule has 0 aliphatic carbocycles. The summed E-state index contributed by atoms with van der Waals surface area (Å²) in [4.78, 5) is 0. The van der Waals surface area contributed by atoms with Crippen LogP contribution >= 0.6 is 0 Å². The van der Waals surface area contributed by atoms with E-state index in [1.165, 1.54) is 12.1 Å². The van der Waals surface area contributed by atoms with Crippen molar-refractivity contribution in [1.82, 2.24) is 5.32 Å². The second-order valence-corrected chi connectivity index (χ2v) is 6.96. The van der Waals surface area contributed by atoms with Gasteiger partial charge in [0.05, 0.1) is 16.8 Å². The predicted molar refractivity (Wildman–Crippen MR) is 89.4 cm³/mol. The average Bonchev–Trinajstić information content (AvgIpc) is 2.66. The summed E-state index contributed by atoms with van der Waals surface area (Å²) in [6, 6.07) is 5.05. The summed E-state index contributed by atoms with van der Waals surface area (Å²) < 4.78 is 50.0. The molecule has 0 saturated carbocycles. The van der Waals surface area contributed by atoms with Crippen molar-refractivity contribution in [2.45, 2.75) is 45.1 Å². The highest BCUT2D eigenvalue weighted by Gasteiger charge is 2.52. The SMILES string of the molecule is CNCC(=Cc1ccc(C(F)(F)F)cc1)B1OC(C)(C)C(C)(C)O1. The number of benzene rings is 1. The number of rotatable bonds is 4. The molecule has 3 nitrogen and oxygen atoms in total. The standard InChI is InChI=1S/C17H23BF3NO2/c1-15(2)16(3,4)24-18(23-15)14(11-22-5)10-12-6-8-13(9-7-12)17(19,20)21/h6-10,22H,11H2,1-5H3. The molecule has 132 valence electrons. The molecule has 1 N–H and O–H groups in total. The molecule has 0 unspecified atom stereocenters. The molecule has 0 radical (unpaired) electrons. The smallest absolute Gasteiger partial charge is 0.400 e. The fourth-order valence-corrected chi connectivity index (χ4v) is 2.38. The van der Waals surface area contributed by atoms with Crippen LogP contribution < -0.4 is 5.32 Å². The third-order valence-corrected chi connectivity index (χ3v) is 4.53. The van der Waals surface area contributed by atoms with Crippen molar-refractivity contribution in [3.05, 3.63) is 40.9 Å². The van der Waals surface area contributed by atoms with Crippen molar-refractivity contribution in [2.75, 3.05) is 13.6 Å². The van der Waals surface area contributed by atoms with E-state index >= 15 is 0 Å². The molecule has 7 heteroatoms. The Balaban J connectivity index is 2.26. The van der Waals surface area contributed by atoms with E-state index in [0.29, 0.717) is 12.1 Å². The lowest BCUT2D eigenvalue weighted by molar-refractivity contribution is -0.137. The van der Waals surface area contributed by atoms with Gasteiger partial charge in [-0.3, -0.25) is 0 Å². The minimum Gasteiger partial charge on any atom is -0.400 e. The lowest BCUT2D eigenvalue weighted by Gasteiger charge is -2.32. The van der Waals surface area contributed by atoms with Crippen molar-refractivity contribution in [1.29, 1.82) is 0 Å². The van der Waals surface area contributed by atoms with Gasteiger partial charge in [-0.15, -0.1) is 0 Å². The van der Waals surface area contributed by atoms with Crippen molar-refractivity contribution in [3.8, 4) is 0 Å². The Kier molecular flexibility index (Phi) is 5.18. The maximum Gasteiger partial charge on any atom is 0.491 e. The van der Waals surface area contributed by atoms with Crippen LogP contribution in [-0.2, 0) is 15.5 Å². The summed E-state index contributed by atoms with van der Waals surface area (Å²) in [6.45, 7) is 8.35. The number of hydrogen-bond donors (Lipinski definition) is 1. The van der Waals surface area contributed by atoms with Crippen LogP contribution in [0.25, 0.3) is 6.08 Å². The van der Waals surface area contributed by atoms with Crippen molar-refractivity contribution >= 4 is 13.2 Å². The number of nitrogens with one attached hydrogen (secondary N) is 1. The van der Waals surface area contributed by atoms with Gasteiger partial charge in [-0.1, -0.05) is 18.2 Å². The number of likely N-dealkylation sites (N-methyl/N-ethyl adjacent to an activating group) is 1. The molecule has 1 saturated heterocycles. The zero-order valence-electron chi connectivity index (χ0n) is 14.6. The molecule has 1 fully saturated rings. The third kappa shape index (κ3) is 4.02. The first-order valence-electron chi connectivity index (χ1n) is 7.84. The molecule has 1 aliphatic heterocycles. The fraction of sp³-hybridized carbons (Fsp3) is 0.529. The van der Waals surface area contributed by atoms with Crippen LogP contribution in [-0.4, -0.2) is 31.9 Å². The Bertz CT molecular complexity index is 593. The van der Waals surface area contributed by atoms with Gasteiger partial charge in [0.25, 0.3) is 0 Å². The van der Waals surface area contributed by atoms with E-state index in [4.69, 9.17) is 9.31 Å². The Morgan fingerprint density at radius 3 is 2.00 bits per heavy atom. The van der Waals surface area contributed by atoms with Gasteiger partial charge in [-0.2, -0.15) is 13.2 Å². The Morgan fingerprint density at radius 1 is 1.08 bits per heavy atom. The number of alkyl halides is 3. The summed E-state index contributed by atoms with van der Waals surface area (Å²) in [5.74, 6) is 0. The molecular weight excluding hydrogens is 318 g/mol. The molecule has 0 spiro atoms. The highest BCUT2D eigenvalue weighted by Crippen LogP contribution is 2.38. The first-order chi connectivity index (χ1) is 11.0. The molecule has 1 heterocycles. The maximum absolute atomic E-state index is 12.7. The fourth-order valence-electron chi connectivity index (χ4n) is 2.38.